The monoisotopic (exact) mass is 371 g/mol. The molecule has 0 aliphatic heterocycles. The van der Waals surface area contributed by atoms with Gasteiger partial charge in [0, 0.05) is 16.1 Å². The number of thiophene rings is 1. The topological polar surface area (TPSA) is 72.5 Å². The molecule has 1 aliphatic rings. The Kier molecular flexibility index (Phi) is 5.52. The van der Waals surface area contributed by atoms with Crippen LogP contribution in [0.3, 0.4) is 0 Å². The Bertz CT molecular complexity index is 814. The summed E-state index contributed by atoms with van der Waals surface area (Å²) in [5, 5.41) is 2.69. The second kappa shape index (κ2) is 7.83. The highest BCUT2D eigenvalue weighted by Crippen LogP contribution is 2.30. The van der Waals surface area contributed by atoms with Crippen molar-refractivity contribution >= 4 is 34.7 Å². The first-order valence-electron chi connectivity index (χ1n) is 8.68. The summed E-state index contributed by atoms with van der Waals surface area (Å²) in [5.41, 5.74) is 2.36. The van der Waals surface area contributed by atoms with Gasteiger partial charge in [-0.25, -0.2) is 4.79 Å². The van der Waals surface area contributed by atoms with Gasteiger partial charge in [0.1, 0.15) is 4.88 Å². The second-order valence-electron chi connectivity index (χ2n) is 6.44. The van der Waals surface area contributed by atoms with Crippen molar-refractivity contribution in [2.24, 2.45) is 0 Å². The molecule has 0 saturated heterocycles. The molecular formula is C20H21NO4S. The van der Waals surface area contributed by atoms with Crippen LogP contribution in [0.25, 0.3) is 0 Å². The van der Waals surface area contributed by atoms with Crippen molar-refractivity contribution < 1.29 is 19.1 Å². The number of Topliss-reactive ketones (excluding diaryl/α,β-unsaturated/α-hetero) is 1. The molecule has 5 nitrogen and oxygen atoms in total. The van der Waals surface area contributed by atoms with E-state index in [1.54, 1.807) is 31.2 Å². The lowest BCUT2D eigenvalue weighted by molar-refractivity contribution is -0.123. The summed E-state index contributed by atoms with van der Waals surface area (Å²) in [7, 11) is 0. The largest absolute Gasteiger partial charge is 0.448 e. The van der Waals surface area contributed by atoms with Gasteiger partial charge in [-0.1, -0.05) is 0 Å². The highest BCUT2D eigenvalue weighted by molar-refractivity contribution is 7.14. The van der Waals surface area contributed by atoms with Crippen LogP contribution in [0.15, 0.2) is 30.3 Å². The van der Waals surface area contributed by atoms with Crippen LogP contribution in [-0.2, 0) is 22.4 Å². The Balaban J connectivity index is 1.59. The van der Waals surface area contributed by atoms with E-state index in [-0.39, 0.29) is 5.78 Å². The predicted molar refractivity (Wildman–Crippen MR) is 101 cm³/mol. The molecule has 0 bridgehead atoms. The van der Waals surface area contributed by atoms with Crippen LogP contribution in [0.1, 0.15) is 57.2 Å². The van der Waals surface area contributed by atoms with Gasteiger partial charge in [0.15, 0.2) is 11.9 Å². The van der Waals surface area contributed by atoms with Crippen LogP contribution >= 0.6 is 11.3 Å². The molecule has 136 valence electrons. The summed E-state index contributed by atoms with van der Waals surface area (Å²) in [6.45, 7) is 3.03. The molecule has 1 aliphatic carbocycles. The maximum absolute atomic E-state index is 12.3. The minimum absolute atomic E-state index is 0.0381. The average Bonchev–Trinajstić information content (AvgIpc) is 3.06. The molecule has 1 amide bonds. The van der Waals surface area contributed by atoms with E-state index in [0.29, 0.717) is 16.1 Å². The Hall–Kier alpha value is -2.47. The molecule has 1 unspecified atom stereocenters. The van der Waals surface area contributed by atoms with Crippen molar-refractivity contribution in [3.05, 3.63) is 51.2 Å². The van der Waals surface area contributed by atoms with Crippen LogP contribution in [0.4, 0.5) is 5.69 Å². The Morgan fingerprint density at radius 3 is 2.46 bits per heavy atom. The minimum atomic E-state index is -0.908. The number of nitrogens with one attached hydrogen (secondary N) is 1. The number of carbonyl (C=O) groups excluding carboxylic acids is 3. The summed E-state index contributed by atoms with van der Waals surface area (Å²) in [5.74, 6) is -0.905. The van der Waals surface area contributed by atoms with E-state index in [1.165, 1.54) is 28.7 Å². The van der Waals surface area contributed by atoms with Gasteiger partial charge in [-0.05, 0) is 75.4 Å². The Morgan fingerprint density at radius 1 is 1.12 bits per heavy atom. The van der Waals surface area contributed by atoms with Crippen LogP contribution in [0, 0.1) is 0 Å². The first kappa shape index (κ1) is 18.3. The molecule has 0 saturated carbocycles. The SMILES string of the molecule is CC(=O)c1ccc(NC(=O)C(C)OC(=O)c2cc3c(s2)CCCC3)cc1. The predicted octanol–water partition coefficient (Wildman–Crippen LogP) is 4.01. The number of amides is 1. The van der Waals surface area contributed by atoms with E-state index >= 15 is 0 Å². The molecule has 26 heavy (non-hydrogen) atoms. The number of anilines is 1. The summed E-state index contributed by atoms with van der Waals surface area (Å²) < 4.78 is 5.32. The number of benzene rings is 1. The number of rotatable bonds is 5. The summed E-state index contributed by atoms with van der Waals surface area (Å²) in [6, 6.07) is 8.48. The Labute approximate surface area is 156 Å². The number of carbonyl (C=O) groups is 3. The van der Waals surface area contributed by atoms with E-state index in [4.69, 9.17) is 4.74 Å². The number of ether oxygens (including phenoxy) is 1. The van der Waals surface area contributed by atoms with E-state index in [2.05, 4.69) is 5.32 Å². The third-order valence-electron chi connectivity index (χ3n) is 4.41. The lowest BCUT2D eigenvalue weighted by Gasteiger charge is -2.13. The van der Waals surface area contributed by atoms with Crippen molar-refractivity contribution in [1.29, 1.82) is 0 Å². The number of aryl methyl sites for hydroxylation is 2. The molecule has 3 rings (SSSR count). The normalized spacial score (nSPS) is 14.2. The molecule has 1 N–H and O–H groups in total. The van der Waals surface area contributed by atoms with Crippen molar-refractivity contribution in [2.75, 3.05) is 5.32 Å². The number of hydrogen-bond acceptors (Lipinski definition) is 5. The molecule has 1 heterocycles. The third kappa shape index (κ3) is 4.19. The van der Waals surface area contributed by atoms with Crippen LogP contribution in [0.2, 0.25) is 0 Å². The molecule has 0 fully saturated rings. The highest BCUT2D eigenvalue weighted by atomic mass is 32.1. The van der Waals surface area contributed by atoms with Gasteiger partial charge in [-0.15, -0.1) is 11.3 Å². The van der Waals surface area contributed by atoms with Crippen LogP contribution in [0.5, 0.6) is 0 Å². The zero-order valence-corrected chi connectivity index (χ0v) is 15.7. The van der Waals surface area contributed by atoms with Gasteiger partial charge in [0.2, 0.25) is 0 Å². The number of esters is 1. The molecule has 0 radical (unpaired) electrons. The maximum atomic E-state index is 12.3. The fourth-order valence-corrected chi connectivity index (χ4v) is 4.03. The summed E-state index contributed by atoms with van der Waals surface area (Å²) in [4.78, 5) is 37.6. The smallest absolute Gasteiger partial charge is 0.349 e. The molecule has 1 atom stereocenters. The van der Waals surface area contributed by atoms with Gasteiger partial charge in [-0.2, -0.15) is 0 Å². The standard InChI is InChI=1S/C20H21NO4S/c1-12(22)14-7-9-16(10-8-14)21-19(23)13(2)25-20(24)18-11-15-5-3-4-6-17(15)26-18/h7-11,13H,3-6H2,1-2H3,(H,21,23). The first-order valence-corrected chi connectivity index (χ1v) is 9.50. The van der Waals surface area contributed by atoms with Crippen molar-refractivity contribution in [3.8, 4) is 0 Å². The van der Waals surface area contributed by atoms with Crippen LogP contribution < -0.4 is 5.32 Å². The third-order valence-corrected chi connectivity index (χ3v) is 5.63. The zero-order chi connectivity index (χ0) is 18.7. The lowest BCUT2D eigenvalue weighted by atomic mass is 9.99. The molecule has 1 aromatic carbocycles. The molecule has 0 spiro atoms. The minimum Gasteiger partial charge on any atom is -0.448 e. The summed E-state index contributed by atoms with van der Waals surface area (Å²) in [6.07, 6.45) is 3.42. The van der Waals surface area contributed by atoms with Crippen LogP contribution in [-0.4, -0.2) is 23.8 Å². The molecule has 6 heteroatoms. The van der Waals surface area contributed by atoms with E-state index in [0.717, 1.165) is 25.7 Å². The van der Waals surface area contributed by atoms with Gasteiger partial charge in [0.25, 0.3) is 5.91 Å². The fourth-order valence-electron chi connectivity index (χ4n) is 2.90. The molecule has 2 aromatic rings. The summed E-state index contributed by atoms with van der Waals surface area (Å²) >= 11 is 1.47. The quantitative estimate of drug-likeness (QED) is 0.637. The van der Waals surface area contributed by atoms with E-state index in [1.807, 2.05) is 6.07 Å². The first-order chi connectivity index (χ1) is 12.4. The molecule has 1 aromatic heterocycles. The van der Waals surface area contributed by atoms with Crippen molar-refractivity contribution in [1.82, 2.24) is 0 Å². The lowest BCUT2D eigenvalue weighted by Crippen LogP contribution is -2.29. The number of fused-ring (bicyclic) bond motifs is 1. The van der Waals surface area contributed by atoms with E-state index < -0.39 is 18.0 Å². The molecular weight excluding hydrogens is 350 g/mol. The fraction of sp³-hybridized carbons (Fsp3) is 0.350. The van der Waals surface area contributed by atoms with E-state index in [9.17, 15) is 14.4 Å². The van der Waals surface area contributed by atoms with Gasteiger partial charge < -0.3 is 10.1 Å². The van der Waals surface area contributed by atoms with Gasteiger partial charge in [-0.3, -0.25) is 9.59 Å². The Morgan fingerprint density at radius 2 is 1.81 bits per heavy atom. The average molecular weight is 371 g/mol. The number of ketones is 1. The zero-order valence-electron chi connectivity index (χ0n) is 14.8. The second-order valence-corrected chi connectivity index (χ2v) is 7.57. The van der Waals surface area contributed by atoms with Crippen molar-refractivity contribution in [2.45, 2.75) is 45.6 Å². The van der Waals surface area contributed by atoms with Crippen molar-refractivity contribution in [3.63, 3.8) is 0 Å². The maximum Gasteiger partial charge on any atom is 0.349 e. The highest BCUT2D eigenvalue weighted by Gasteiger charge is 2.22. The van der Waals surface area contributed by atoms with Gasteiger partial charge >= 0.3 is 5.97 Å². The van der Waals surface area contributed by atoms with Gasteiger partial charge in [0.05, 0.1) is 0 Å². The number of hydrogen-bond donors (Lipinski definition) is 1.